The van der Waals surface area contributed by atoms with Gasteiger partial charge in [-0.2, -0.15) is 0 Å². The van der Waals surface area contributed by atoms with Gasteiger partial charge in [-0.3, -0.25) is 4.79 Å². The number of carbonyl (C=O) groups is 5. The number of para-hydroxylation sites is 1. The molecule has 15 nitrogen and oxygen atoms in total. The Kier molecular flexibility index (Phi) is 25.4. The van der Waals surface area contributed by atoms with Crippen LogP contribution in [0.5, 0.6) is 5.75 Å². The first kappa shape index (κ1) is 36.6. The fourth-order valence-electron chi connectivity index (χ4n) is 0.823. The molecule has 0 bridgehead atoms. The van der Waals surface area contributed by atoms with Gasteiger partial charge in [0.15, 0.2) is 0 Å². The van der Waals surface area contributed by atoms with Gasteiger partial charge < -0.3 is 51.1 Å². The molecule has 0 radical (unpaired) electrons. The fraction of sp³-hybridized carbons (Fsp3) is 0.389. The topological polar surface area (TPSA) is 288 Å². The molecule has 0 saturated carbocycles. The minimum atomic E-state index is -1.23. The van der Waals surface area contributed by atoms with Crippen LogP contribution in [0.25, 0.3) is 0 Å². The molecule has 15 heteroatoms. The zero-order valence-electron chi connectivity index (χ0n) is 17.6. The van der Waals surface area contributed by atoms with Crippen LogP contribution in [0.4, 0.5) is 0 Å². The first-order valence-electron chi connectivity index (χ1n) is 8.48. The van der Waals surface area contributed by atoms with Gasteiger partial charge in [0.05, 0.1) is 6.42 Å². The normalized spacial score (nSPS) is 10.4. The van der Waals surface area contributed by atoms with Gasteiger partial charge >= 0.3 is 29.8 Å². The lowest BCUT2D eigenvalue weighted by atomic mass is 10.1. The van der Waals surface area contributed by atoms with E-state index in [0.29, 0.717) is 5.56 Å². The third-order valence-electron chi connectivity index (χ3n) is 2.32. The number of aromatic hydroxyl groups is 1. The van der Waals surface area contributed by atoms with Crippen molar-refractivity contribution in [3.05, 3.63) is 29.8 Å². The number of carboxylic acid groups (broad SMARTS) is 5. The molecule has 0 amide bonds. The smallest absolute Gasteiger partial charge is 0.332 e. The predicted molar refractivity (Wildman–Crippen MR) is 108 cm³/mol. The number of hydrogen-bond donors (Lipinski definition) is 10. The molecule has 10 N–H and O–H groups in total. The van der Waals surface area contributed by atoms with E-state index in [1.807, 2.05) is 0 Å². The van der Waals surface area contributed by atoms with Gasteiger partial charge in [0, 0.05) is 5.56 Å². The Balaban J connectivity index is -0.000000168. The molecule has 2 atom stereocenters. The zero-order chi connectivity index (χ0) is 27.1. The van der Waals surface area contributed by atoms with E-state index in [1.54, 1.807) is 18.2 Å². The summed E-state index contributed by atoms with van der Waals surface area (Å²) < 4.78 is 0. The summed E-state index contributed by atoms with van der Waals surface area (Å²) in [6, 6.07) is 6.40. The summed E-state index contributed by atoms with van der Waals surface area (Å²) >= 11 is 0. The van der Waals surface area contributed by atoms with Crippen LogP contribution < -0.4 is 0 Å². The molecular formula is C18H28O15. The van der Waals surface area contributed by atoms with Gasteiger partial charge in [-0.05, 0) is 19.9 Å². The van der Waals surface area contributed by atoms with Crippen molar-refractivity contribution in [3.63, 3.8) is 0 Å². The molecule has 0 aliphatic carbocycles. The highest BCUT2D eigenvalue weighted by Gasteiger charge is 2.03. The molecule has 2 unspecified atom stereocenters. The molecule has 0 heterocycles. The fourth-order valence-corrected chi connectivity index (χ4v) is 0.823. The molecule has 1 aromatic rings. The summed E-state index contributed by atoms with van der Waals surface area (Å²) in [5.41, 5.74) is 0.444. The van der Waals surface area contributed by atoms with Crippen LogP contribution in [-0.2, 0) is 30.4 Å². The molecule has 190 valence electrons. The summed E-state index contributed by atoms with van der Waals surface area (Å²) in [4.78, 5) is 47.3. The summed E-state index contributed by atoms with van der Waals surface area (Å²) in [6.45, 7) is 0.838. The molecule has 0 fully saturated rings. The summed E-state index contributed by atoms with van der Waals surface area (Å²) in [5.74, 6) is -5.65. The maximum absolute atomic E-state index is 10.2. The van der Waals surface area contributed by atoms with Crippen molar-refractivity contribution in [2.75, 3.05) is 13.2 Å². The first-order valence-corrected chi connectivity index (χ1v) is 8.48. The maximum atomic E-state index is 10.2. The Bertz CT molecular complexity index is 681. The number of aliphatic hydroxyl groups is 4. The lowest BCUT2D eigenvalue weighted by Crippen LogP contribution is -2.13. The van der Waals surface area contributed by atoms with Gasteiger partial charge in [0.25, 0.3) is 0 Å². The van der Waals surface area contributed by atoms with E-state index < -0.39 is 55.3 Å². The van der Waals surface area contributed by atoms with Crippen molar-refractivity contribution in [1.29, 1.82) is 0 Å². The van der Waals surface area contributed by atoms with Crippen LogP contribution in [-0.4, -0.2) is 106 Å². The highest BCUT2D eigenvalue weighted by Crippen LogP contribution is 2.15. The van der Waals surface area contributed by atoms with E-state index in [4.69, 9.17) is 60.7 Å². The van der Waals surface area contributed by atoms with Gasteiger partial charge in [-0.1, -0.05) is 18.2 Å². The van der Waals surface area contributed by atoms with Crippen molar-refractivity contribution in [1.82, 2.24) is 0 Å². The van der Waals surface area contributed by atoms with Gasteiger partial charge in [-0.25, -0.2) is 19.2 Å². The SMILES string of the molecule is CC(O)C(=O)O.CC(O)C(=O)O.O=C(O)CO.O=C(O)CO.O=C(O)Cc1ccccc1O. The van der Waals surface area contributed by atoms with Crippen LogP contribution in [0.2, 0.25) is 0 Å². The summed E-state index contributed by atoms with van der Waals surface area (Å²) in [5, 5.41) is 79.1. The predicted octanol–water partition coefficient (Wildman–Crippen LogP) is -1.95. The van der Waals surface area contributed by atoms with Crippen molar-refractivity contribution >= 4 is 29.8 Å². The highest BCUT2D eigenvalue weighted by molar-refractivity contribution is 5.72. The number of phenolic OH excluding ortho intramolecular Hbond substituents is 1. The summed E-state index contributed by atoms with van der Waals surface area (Å²) in [6.07, 6.45) is -2.60. The Morgan fingerprint density at radius 2 is 0.970 bits per heavy atom. The Morgan fingerprint density at radius 1 is 0.697 bits per heavy atom. The van der Waals surface area contributed by atoms with Crippen molar-refractivity contribution < 1.29 is 75.0 Å². The van der Waals surface area contributed by atoms with Crippen molar-refractivity contribution in [2.24, 2.45) is 0 Å². The number of aliphatic carboxylic acids is 5. The number of carboxylic acids is 5. The lowest BCUT2D eigenvalue weighted by Gasteiger charge is -1.98. The van der Waals surface area contributed by atoms with E-state index >= 15 is 0 Å². The Hall–Kier alpha value is -3.79. The third-order valence-corrected chi connectivity index (χ3v) is 2.32. The summed E-state index contributed by atoms with van der Waals surface area (Å²) in [7, 11) is 0. The molecule has 0 spiro atoms. The quantitative estimate of drug-likeness (QED) is 0.210. The largest absolute Gasteiger partial charge is 0.508 e. The minimum absolute atomic E-state index is 0.0369. The van der Waals surface area contributed by atoms with Crippen molar-refractivity contribution in [2.45, 2.75) is 32.5 Å². The van der Waals surface area contributed by atoms with E-state index in [2.05, 4.69) is 0 Å². The van der Waals surface area contributed by atoms with Gasteiger partial charge in [0.1, 0.15) is 31.2 Å². The minimum Gasteiger partial charge on any atom is -0.508 e. The van der Waals surface area contributed by atoms with Crippen molar-refractivity contribution in [3.8, 4) is 5.75 Å². The van der Waals surface area contributed by atoms with Gasteiger partial charge in [0.2, 0.25) is 0 Å². The second kappa shape index (κ2) is 22.9. The molecule has 0 aromatic heterocycles. The molecule has 1 aromatic carbocycles. The number of phenols is 1. The molecule has 0 saturated heterocycles. The number of hydrogen-bond acceptors (Lipinski definition) is 10. The van der Waals surface area contributed by atoms with Crippen LogP contribution in [0.1, 0.15) is 19.4 Å². The third kappa shape index (κ3) is 36.0. The van der Waals surface area contributed by atoms with E-state index in [9.17, 15) is 14.4 Å². The van der Waals surface area contributed by atoms with Crippen LogP contribution in [0.15, 0.2) is 24.3 Å². The average Bonchev–Trinajstić information content (AvgIpc) is 2.71. The van der Waals surface area contributed by atoms with E-state index in [-0.39, 0.29) is 12.2 Å². The maximum Gasteiger partial charge on any atom is 0.332 e. The second-order valence-corrected chi connectivity index (χ2v) is 5.33. The van der Waals surface area contributed by atoms with Crippen LogP contribution in [0.3, 0.4) is 0 Å². The second-order valence-electron chi connectivity index (χ2n) is 5.33. The molecule has 0 aliphatic heterocycles. The monoisotopic (exact) mass is 484 g/mol. The standard InChI is InChI=1S/C8H8O3.2C3H6O3.2C2H4O3/c9-7-4-2-1-3-6(7)5-8(10)11;2*1-2(4)3(5)6;2*3-1-2(4)5/h1-4,9H,5H2,(H,10,11);2*2,4H,1H3,(H,5,6);2*3H,1H2,(H,4,5). The van der Waals surface area contributed by atoms with Gasteiger partial charge in [-0.15, -0.1) is 0 Å². The Labute approximate surface area is 187 Å². The number of aliphatic hydroxyl groups excluding tert-OH is 4. The van der Waals surface area contributed by atoms with Crippen LogP contribution in [0, 0.1) is 0 Å². The van der Waals surface area contributed by atoms with E-state index in [1.165, 1.54) is 19.9 Å². The highest BCUT2D eigenvalue weighted by atomic mass is 16.4. The molecule has 33 heavy (non-hydrogen) atoms. The zero-order valence-corrected chi connectivity index (χ0v) is 17.6. The lowest BCUT2D eigenvalue weighted by molar-refractivity contribution is -0.146. The first-order chi connectivity index (χ1) is 15.0. The molecule has 0 aliphatic rings. The molecule has 1 rings (SSSR count). The number of benzene rings is 1. The van der Waals surface area contributed by atoms with E-state index in [0.717, 1.165) is 0 Å². The van der Waals surface area contributed by atoms with Crippen LogP contribution >= 0.6 is 0 Å². The Morgan fingerprint density at radius 3 is 1.15 bits per heavy atom. The number of rotatable bonds is 6. The average molecular weight is 484 g/mol. The molecular weight excluding hydrogens is 456 g/mol.